The van der Waals surface area contributed by atoms with Crippen LogP contribution in [0, 0.1) is 0 Å². The third-order valence-electron chi connectivity index (χ3n) is 5.61. The highest BCUT2D eigenvalue weighted by atomic mass is 16.6. The zero-order valence-corrected chi connectivity index (χ0v) is 21.2. The van der Waals surface area contributed by atoms with Crippen molar-refractivity contribution in [2.75, 3.05) is 26.3 Å². The molecule has 1 aliphatic rings. The molecule has 3 aromatic rings. The Hall–Kier alpha value is -3.70. The summed E-state index contributed by atoms with van der Waals surface area (Å²) in [6, 6.07) is 14.5. The number of hydrogen-bond donors (Lipinski definition) is 5. The second-order valence-electron chi connectivity index (χ2n) is 8.74. The van der Waals surface area contributed by atoms with Crippen molar-refractivity contribution in [3.63, 3.8) is 0 Å². The van der Waals surface area contributed by atoms with Gasteiger partial charge in [0.25, 0.3) is 5.97 Å². The highest BCUT2D eigenvalue weighted by Crippen LogP contribution is 2.33. The number of aliphatic carboxylic acids is 1. The number of carbonyl (C=O) groups is 1. The molecule has 0 saturated heterocycles. The van der Waals surface area contributed by atoms with Crippen LogP contribution in [0.25, 0.3) is 0 Å². The zero-order chi connectivity index (χ0) is 27.3. The first kappa shape index (κ1) is 28.9. The molecule has 0 unspecified atom stereocenters. The molecule has 10 heteroatoms. The minimum Gasteiger partial charge on any atom is -0.508 e. The summed E-state index contributed by atoms with van der Waals surface area (Å²) in [7, 11) is 0. The van der Waals surface area contributed by atoms with Crippen molar-refractivity contribution in [2.45, 2.75) is 38.8 Å². The van der Waals surface area contributed by atoms with E-state index in [0.717, 1.165) is 30.2 Å². The number of rotatable bonds is 11. The molecule has 204 valence electrons. The molecule has 10 nitrogen and oxygen atoms in total. The normalized spacial score (nSPS) is 14.8. The van der Waals surface area contributed by atoms with Gasteiger partial charge in [0.05, 0.1) is 25.9 Å². The van der Waals surface area contributed by atoms with Crippen molar-refractivity contribution >= 4 is 5.97 Å². The van der Waals surface area contributed by atoms with E-state index >= 15 is 0 Å². The van der Waals surface area contributed by atoms with Gasteiger partial charge in [0, 0.05) is 31.4 Å². The minimum atomic E-state index is -0.833. The number of carboxylic acid groups (broad SMARTS) is 1. The number of phenols is 1. The summed E-state index contributed by atoms with van der Waals surface area (Å²) in [5.41, 5.74) is 3.14. The van der Waals surface area contributed by atoms with Crippen LogP contribution in [-0.4, -0.2) is 63.8 Å². The predicted molar refractivity (Wildman–Crippen MR) is 139 cm³/mol. The Morgan fingerprint density at radius 2 is 2.00 bits per heavy atom. The van der Waals surface area contributed by atoms with E-state index in [9.17, 15) is 15.3 Å². The molecule has 0 radical (unpaired) electrons. The van der Waals surface area contributed by atoms with Crippen molar-refractivity contribution < 1.29 is 39.4 Å². The molecule has 0 bridgehead atoms. The van der Waals surface area contributed by atoms with Gasteiger partial charge < -0.3 is 40.0 Å². The summed E-state index contributed by atoms with van der Waals surface area (Å²) in [6.07, 6.45) is 3.35. The molecule has 0 fully saturated rings. The second kappa shape index (κ2) is 14.9. The largest absolute Gasteiger partial charge is 0.508 e. The van der Waals surface area contributed by atoms with Gasteiger partial charge >= 0.3 is 0 Å². The van der Waals surface area contributed by atoms with Crippen molar-refractivity contribution in [3.05, 3.63) is 83.2 Å². The molecule has 2 aromatic carbocycles. The number of aromatic nitrogens is 1. The molecule has 5 N–H and O–H groups in total. The van der Waals surface area contributed by atoms with Crippen LogP contribution in [0.4, 0.5) is 0 Å². The highest BCUT2D eigenvalue weighted by molar-refractivity contribution is 5.63. The van der Waals surface area contributed by atoms with Crippen molar-refractivity contribution in [1.29, 1.82) is 0 Å². The average molecular weight is 527 g/mol. The number of benzene rings is 2. The molecule has 0 spiro atoms. The van der Waals surface area contributed by atoms with E-state index < -0.39 is 12.1 Å². The molecular weight excluding hydrogens is 492 g/mol. The number of nitrogens with one attached hydrogen (secondary N) is 1. The summed E-state index contributed by atoms with van der Waals surface area (Å²) >= 11 is 0. The maximum atomic E-state index is 10.4. The average Bonchev–Trinajstić information content (AvgIpc) is 2.91. The van der Waals surface area contributed by atoms with Crippen molar-refractivity contribution in [2.24, 2.45) is 0 Å². The van der Waals surface area contributed by atoms with Crippen LogP contribution in [-0.2, 0) is 29.2 Å². The molecule has 0 aliphatic carbocycles. The maximum absolute atomic E-state index is 10.4. The van der Waals surface area contributed by atoms with Crippen LogP contribution in [0.2, 0.25) is 0 Å². The van der Waals surface area contributed by atoms with E-state index in [2.05, 4.69) is 10.3 Å². The van der Waals surface area contributed by atoms with E-state index in [1.165, 1.54) is 6.07 Å². The zero-order valence-electron chi connectivity index (χ0n) is 21.2. The number of ether oxygens (including phenoxy) is 3. The predicted octanol–water partition coefficient (Wildman–Crippen LogP) is 2.59. The number of fused-ring (bicyclic) bond motifs is 1. The minimum absolute atomic E-state index is 0.0207. The maximum Gasteiger partial charge on any atom is 0.300 e. The molecule has 1 aliphatic heterocycles. The summed E-state index contributed by atoms with van der Waals surface area (Å²) in [5.74, 6) is 0.620. The molecule has 0 saturated carbocycles. The number of aromatic hydroxyl groups is 1. The molecular formula is C28H34N2O8. The number of aliphatic hydroxyl groups is 2. The lowest BCUT2D eigenvalue weighted by Crippen LogP contribution is -2.33. The number of aliphatic hydroxyl groups excluding tert-OH is 2. The Kier molecular flexibility index (Phi) is 11.3. The molecule has 2 heterocycles. The van der Waals surface area contributed by atoms with Crippen molar-refractivity contribution in [1.82, 2.24) is 10.3 Å². The monoisotopic (exact) mass is 526 g/mol. The van der Waals surface area contributed by atoms with E-state index in [4.69, 9.17) is 24.1 Å². The SMILES string of the molecule is CC(=O)O.OCc1cc([C@@H](O)CNCCc2ccc3c(c2)O[C@H](COCc2cccnc2)CO3)ccc1O. The van der Waals surface area contributed by atoms with Gasteiger partial charge in [0.2, 0.25) is 0 Å². The van der Waals surface area contributed by atoms with E-state index in [1.807, 2.05) is 30.3 Å². The second-order valence-corrected chi connectivity index (χ2v) is 8.74. The van der Waals surface area contributed by atoms with Crippen LogP contribution in [0.5, 0.6) is 17.2 Å². The van der Waals surface area contributed by atoms with Crippen LogP contribution < -0.4 is 14.8 Å². The van der Waals surface area contributed by atoms with Gasteiger partial charge in [-0.25, -0.2) is 0 Å². The summed E-state index contributed by atoms with van der Waals surface area (Å²) in [6.45, 7) is 3.17. The Labute approximate surface area is 221 Å². The first-order chi connectivity index (χ1) is 18.4. The fourth-order valence-corrected chi connectivity index (χ4v) is 3.72. The van der Waals surface area contributed by atoms with Gasteiger partial charge in [-0.05, 0) is 60.0 Å². The van der Waals surface area contributed by atoms with Gasteiger partial charge in [0.1, 0.15) is 12.4 Å². The summed E-state index contributed by atoms with van der Waals surface area (Å²) < 4.78 is 17.7. The topological polar surface area (TPSA) is 151 Å². The van der Waals surface area contributed by atoms with Gasteiger partial charge in [0.15, 0.2) is 17.6 Å². The molecule has 0 amide bonds. The number of nitrogens with zero attached hydrogens (tertiary/aromatic N) is 1. The van der Waals surface area contributed by atoms with E-state index in [0.29, 0.717) is 49.8 Å². The molecule has 4 rings (SSSR count). The van der Waals surface area contributed by atoms with Crippen LogP contribution in [0.15, 0.2) is 60.9 Å². The van der Waals surface area contributed by atoms with Gasteiger partial charge in [-0.15, -0.1) is 0 Å². The van der Waals surface area contributed by atoms with E-state index in [-0.39, 0.29) is 18.5 Å². The lowest BCUT2D eigenvalue weighted by molar-refractivity contribution is -0.134. The lowest BCUT2D eigenvalue weighted by Gasteiger charge is -2.27. The fourth-order valence-electron chi connectivity index (χ4n) is 3.72. The first-order valence-electron chi connectivity index (χ1n) is 12.3. The molecule has 38 heavy (non-hydrogen) atoms. The number of carboxylic acids is 1. The highest BCUT2D eigenvalue weighted by Gasteiger charge is 2.21. The van der Waals surface area contributed by atoms with Crippen LogP contribution in [0.3, 0.4) is 0 Å². The third-order valence-corrected chi connectivity index (χ3v) is 5.61. The fraction of sp³-hybridized carbons (Fsp3) is 0.357. The van der Waals surface area contributed by atoms with Gasteiger partial charge in [-0.3, -0.25) is 9.78 Å². The standard InChI is InChI=1S/C26H30N2O6.C2H4O2/c29-14-21-11-20(4-5-23(21)30)24(31)13-28-9-7-18-3-6-25-26(10-18)34-22(17-33-25)16-32-15-19-2-1-8-27-12-19;1-2(3)4/h1-6,8,10-12,22,24,28-31H,7,9,13-17H2;1H3,(H,3,4)/t22-,24+;/m1./s1. The Morgan fingerprint density at radius 1 is 1.18 bits per heavy atom. The molecule has 1 aromatic heterocycles. The third kappa shape index (κ3) is 9.31. The van der Waals surface area contributed by atoms with Gasteiger partial charge in [-0.2, -0.15) is 0 Å². The van der Waals surface area contributed by atoms with Crippen LogP contribution >= 0.6 is 0 Å². The summed E-state index contributed by atoms with van der Waals surface area (Å²) in [5, 5.41) is 40.0. The quantitative estimate of drug-likeness (QED) is 0.236. The Bertz CT molecular complexity index is 1150. The van der Waals surface area contributed by atoms with Crippen molar-refractivity contribution in [3.8, 4) is 17.2 Å². The molecule has 2 atom stereocenters. The smallest absolute Gasteiger partial charge is 0.300 e. The lowest BCUT2D eigenvalue weighted by atomic mass is 10.1. The summed E-state index contributed by atoms with van der Waals surface area (Å²) in [4.78, 5) is 13.1. The van der Waals surface area contributed by atoms with Crippen LogP contribution in [0.1, 0.15) is 35.3 Å². The first-order valence-corrected chi connectivity index (χ1v) is 12.3. The Balaban J connectivity index is 0.000000934. The van der Waals surface area contributed by atoms with E-state index in [1.54, 1.807) is 24.5 Å². The Morgan fingerprint density at radius 3 is 2.74 bits per heavy atom. The number of pyridine rings is 1. The van der Waals surface area contributed by atoms with Gasteiger partial charge in [-0.1, -0.05) is 18.2 Å². The number of hydrogen-bond acceptors (Lipinski definition) is 9.